The minimum Gasteiger partial charge on any atom is -0.332 e. The van der Waals surface area contributed by atoms with Crippen molar-refractivity contribution in [2.24, 2.45) is 5.92 Å². The van der Waals surface area contributed by atoms with Gasteiger partial charge in [0.2, 0.25) is 0 Å². The second-order valence-electron chi connectivity index (χ2n) is 3.94. The molecule has 0 aliphatic heterocycles. The van der Waals surface area contributed by atoms with Crippen molar-refractivity contribution in [2.45, 2.75) is 31.7 Å². The lowest BCUT2D eigenvalue weighted by molar-refractivity contribution is 0.480. The van der Waals surface area contributed by atoms with Crippen LogP contribution in [0.15, 0.2) is 11.2 Å². The number of sulfonamides is 1. The van der Waals surface area contributed by atoms with Crippen LogP contribution in [-0.4, -0.2) is 30.8 Å². The van der Waals surface area contributed by atoms with Crippen molar-refractivity contribution < 1.29 is 8.42 Å². The molecule has 1 aromatic rings. The Morgan fingerprint density at radius 2 is 2.29 bits per heavy atom. The third-order valence-corrected chi connectivity index (χ3v) is 4.18. The fraction of sp³-hybridized carbons (Fsp3) is 0.700. The minimum atomic E-state index is -3.47. The predicted molar refractivity (Wildman–Crippen MR) is 67.6 cm³/mol. The Morgan fingerprint density at radius 3 is 2.76 bits per heavy atom. The molecule has 0 amide bonds. The molecule has 0 aromatic carbocycles. The zero-order valence-corrected chi connectivity index (χ0v) is 11.6. The highest BCUT2D eigenvalue weighted by Gasteiger charge is 2.17. The molecule has 0 spiro atoms. The summed E-state index contributed by atoms with van der Waals surface area (Å²) in [5, 5.41) is 0.107. The number of hydrogen-bond acceptors (Lipinski definition) is 3. The molecule has 5 nitrogen and oxygen atoms in total. The van der Waals surface area contributed by atoms with Crippen LogP contribution in [0.2, 0.25) is 0 Å². The van der Waals surface area contributed by atoms with E-state index in [4.69, 9.17) is 11.6 Å². The van der Waals surface area contributed by atoms with Crippen molar-refractivity contribution in [3.63, 3.8) is 0 Å². The largest absolute Gasteiger partial charge is 0.332 e. The first-order valence-corrected chi connectivity index (χ1v) is 7.58. The SMILES string of the molecule is CCC(CCCl)CNS(=O)(=O)c1cnc(C)[nH]1. The van der Waals surface area contributed by atoms with Crippen LogP contribution >= 0.6 is 11.6 Å². The Kier molecular flexibility index (Phi) is 5.42. The summed E-state index contributed by atoms with van der Waals surface area (Å²) in [6.45, 7) is 4.14. The number of alkyl halides is 1. The number of aromatic nitrogens is 2. The van der Waals surface area contributed by atoms with E-state index in [9.17, 15) is 8.42 Å². The van der Waals surface area contributed by atoms with Crippen LogP contribution < -0.4 is 4.72 Å². The summed E-state index contributed by atoms with van der Waals surface area (Å²) in [6.07, 6.45) is 3.03. The lowest BCUT2D eigenvalue weighted by Crippen LogP contribution is -2.29. The van der Waals surface area contributed by atoms with E-state index in [0.717, 1.165) is 12.8 Å². The molecular formula is C10H18ClN3O2S. The van der Waals surface area contributed by atoms with Gasteiger partial charge in [0.05, 0.1) is 6.20 Å². The molecule has 0 fully saturated rings. The van der Waals surface area contributed by atoms with E-state index in [2.05, 4.69) is 14.7 Å². The molecule has 1 heterocycles. The fourth-order valence-electron chi connectivity index (χ4n) is 1.45. The Hall–Kier alpha value is -0.590. The summed E-state index contributed by atoms with van der Waals surface area (Å²) in [6, 6.07) is 0. The van der Waals surface area contributed by atoms with Crippen molar-refractivity contribution in [3.05, 3.63) is 12.0 Å². The van der Waals surface area contributed by atoms with Gasteiger partial charge in [-0.3, -0.25) is 0 Å². The van der Waals surface area contributed by atoms with E-state index in [1.807, 2.05) is 6.92 Å². The van der Waals surface area contributed by atoms with E-state index in [0.29, 0.717) is 18.2 Å². The van der Waals surface area contributed by atoms with E-state index in [-0.39, 0.29) is 10.9 Å². The lowest BCUT2D eigenvalue weighted by atomic mass is 10.0. The van der Waals surface area contributed by atoms with Crippen LogP contribution in [0.1, 0.15) is 25.6 Å². The van der Waals surface area contributed by atoms with Gasteiger partial charge in [-0.25, -0.2) is 18.1 Å². The van der Waals surface area contributed by atoms with Gasteiger partial charge in [0.25, 0.3) is 10.0 Å². The lowest BCUT2D eigenvalue weighted by Gasteiger charge is -2.13. The van der Waals surface area contributed by atoms with Gasteiger partial charge in [0.1, 0.15) is 5.82 Å². The molecule has 1 unspecified atom stereocenters. The van der Waals surface area contributed by atoms with Crippen LogP contribution in [0.4, 0.5) is 0 Å². The van der Waals surface area contributed by atoms with E-state index < -0.39 is 10.0 Å². The summed E-state index contributed by atoms with van der Waals surface area (Å²) in [5.74, 6) is 1.40. The molecular weight excluding hydrogens is 262 g/mol. The summed E-state index contributed by atoms with van der Waals surface area (Å²) < 4.78 is 26.3. The van der Waals surface area contributed by atoms with Crippen molar-refractivity contribution in [1.82, 2.24) is 14.7 Å². The van der Waals surface area contributed by atoms with Gasteiger partial charge in [0, 0.05) is 12.4 Å². The summed E-state index contributed by atoms with van der Waals surface area (Å²) in [4.78, 5) is 6.57. The molecule has 0 saturated heterocycles. The van der Waals surface area contributed by atoms with E-state index in [1.165, 1.54) is 6.20 Å². The maximum Gasteiger partial charge on any atom is 0.257 e. The van der Waals surface area contributed by atoms with Gasteiger partial charge in [-0.05, 0) is 19.3 Å². The topological polar surface area (TPSA) is 74.8 Å². The Bertz CT molecular complexity index is 444. The van der Waals surface area contributed by atoms with E-state index >= 15 is 0 Å². The Balaban J connectivity index is 2.61. The molecule has 1 atom stereocenters. The molecule has 0 saturated carbocycles. The minimum absolute atomic E-state index is 0.107. The number of imidazole rings is 1. The summed E-state index contributed by atoms with van der Waals surface area (Å²) >= 11 is 5.65. The molecule has 1 aromatic heterocycles. The first-order chi connectivity index (χ1) is 7.99. The Morgan fingerprint density at radius 1 is 1.59 bits per heavy atom. The maximum absolute atomic E-state index is 11.9. The first-order valence-electron chi connectivity index (χ1n) is 5.56. The molecule has 17 heavy (non-hydrogen) atoms. The number of H-pyrrole nitrogens is 1. The second-order valence-corrected chi connectivity index (χ2v) is 6.05. The third-order valence-electron chi connectivity index (χ3n) is 2.63. The van der Waals surface area contributed by atoms with Gasteiger partial charge in [-0.1, -0.05) is 13.3 Å². The van der Waals surface area contributed by atoms with Crippen LogP contribution in [0.5, 0.6) is 0 Å². The third kappa shape index (κ3) is 4.29. The summed E-state index contributed by atoms with van der Waals surface area (Å²) in [5.41, 5.74) is 0. The average Bonchev–Trinajstić information content (AvgIpc) is 2.72. The summed E-state index contributed by atoms with van der Waals surface area (Å²) in [7, 11) is -3.47. The van der Waals surface area contributed by atoms with Crippen molar-refractivity contribution >= 4 is 21.6 Å². The number of nitrogens with zero attached hydrogens (tertiary/aromatic N) is 1. The predicted octanol–water partition coefficient (Wildman–Crippen LogP) is 1.65. The molecule has 0 aliphatic rings. The van der Waals surface area contributed by atoms with Crippen LogP contribution in [0.25, 0.3) is 0 Å². The first kappa shape index (κ1) is 14.5. The van der Waals surface area contributed by atoms with Crippen LogP contribution in [-0.2, 0) is 10.0 Å². The highest BCUT2D eigenvalue weighted by molar-refractivity contribution is 7.89. The maximum atomic E-state index is 11.9. The van der Waals surface area contributed by atoms with Crippen LogP contribution in [0.3, 0.4) is 0 Å². The zero-order chi connectivity index (χ0) is 12.9. The highest BCUT2D eigenvalue weighted by atomic mass is 35.5. The second kappa shape index (κ2) is 6.37. The molecule has 98 valence electrons. The highest BCUT2D eigenvalue weighted by Crippen LogP contribution is 2.10. The number of aromatic amines is 1. The molecule has 1 rings (SSSR count). The van der Waals surface area contributed by atoms with Crippen molar-refractivity contribution in [1.29, 1.82) is 0 Å². The van der Waals surface area contributed by atoms with Crippen LogP contribution in [0, 0.1) is 12.8 Å². The quantitative estimate of drug-likeness (QED) is 0.745. The average molecular weight is 280 g/mol. The molecule has 2 N–H and O–H groups in total. The number of hydrogen-bond donors (Lipinski definition) is 2. The molecule has 0 aliphatic carbocycles. The van der Waals surface area contributed by atoms with E-state index in [1.54, 1.807) is 6.92 Å². The number of nitrogens with one attached hydrogen (secondary N) is 2. The fourth-order valence-corrected chi connectivity index (χ4v) is 2.84. The van der Waals surface area contributed by atoms with Crippen molar-refractivity contribution in [2.75, 3.05) is 12.4 Å². The zero-order valence-electron chi connectivity index (χ0n) is 10.0. The van der Waals surface area contributed by atoms with Crippen molar-refractivity contribution in [3.8, 4) is 0 Å². The van der Waals surface area contributed by atoms with Gasteiger partial charge >= 0.3 is 0 Å². The van der Waals surface area contributed by atoms with Gasteiger partial charge in [0.15, 0.2) is 5.03 Å². The molecule has 7 heteroatoms. The number of halogens is 1. The van der Waals surface area contributed by atoms with Gasteiger partial charge in [-0.2, -0.15) is 0 Å². The Labute approximate surface area is 107 Å². The normalized spacial score (nSPS) is 13.8. The number of aryl methyl sites for hydroxylation is 1. The molecule has 0 bridgehead atoms. The molecule has 0 radical (unpaired) electrons. The standard InChI is InChI=1S/C10H18ClN3O2S/c1-3-9(4-5-11)6-13-17(15,16)10-7-12-8(2)14-10/h7,9,13H,3-6H2,1-2H3,(H,12,14). The monoisotopic (exact) mass is 279 g/mol. The van der Waals surface area contributed by atoms with Gasteiger partial charge in [-0.15, -0.1) is 11.6 Å². The number of rotatable bonds is 7. The van der Waals surface area contributed by atoms with Gasteiger partial charge < -0.3 is 4.98 Å². The smallest absolute Gasteiger partial charge is 0.257 e.